The molecule has 0 radical (unpaired) electrons. The number of likely N-dealkylation sites (tertiary alicyclic amines) is 1. The first kappa shape index (κ1) is 23.8. The largest absolute Gasteiger partial charge is 0.357 e. The maximum Gasteiger partial charge on any atom is 0.260 e. The number of hydrogen-bond acceptors (Lipinski definition) is 8. The van der Waals surface area contributed by atoms with Gasteiger partial charge in [-0.25, -0.2) is 9.97 Å². The topological polar surface area (TPSA) is 132 Å². The molecular weight excluding hydrogens is 480 g/mol. The SMILES string of the molecule is CNc1ncc2cc(-c3ccc(-c4cncc(C)n4)cc3Cl)c(=O)n(CC(=O)N3CCC(N)C3)c2n1. The molecule has 1 unspecified atom stereocenters. The second-order valence-electron chi connectivity index (χ2n) is 8.80. The molecule has 3 N–H and O–H groups in total. The molecule has 1 aromatic carbocycles. The highest BCUT2D eigenvalue weighted by Crippen LogP contribution is 2.31. The quantitative estimate of drug-likeness (QED) is 0.423. The number of anilines is 1. The summed E-state index contributed by atoms with van der Waals surface area (Å²) in [7, 11) is 1.69. The van der Waals surface area contributed by atoms with E-state index in [2.05, 4.69) is 25.3 Å². The maximum absolute atomic E-state index is 13.8. The van der Waals surface area contributed by atoms with Crippen molar-refractivity contribution in [2.75, 3.05) is 25.5 Å². The first-order valence-corrected chi connectivity index (χ1v) is 11.9. The number of benzene rings is 1. The van der Waals surface area contributed by atoms with Crippen molar-refractivity contribution in [1.29, 1.82) is 0 Å². The molecule has 1 aliphatic rings. The van der Waals surface area contributed by atoms with Gasteiger partial charge in [-0.15, -0.1) is 0 Å². The predicted octanol–water partition coefficient (Wildman–Crippen LogP) is 2.48. The number of carbonyl (C=O) groups excluding carboxylic acids is 1. The summed E-state index contributed by atoms with van der Waals surface area (Å²) < 4.78 is 1.38. The van der Waals surface area contributed by atoms with Crippen LogP contribution in [0.15, 0.2) is 47.7 Å². The van der Waals surface area contributed by atoms with Crippen LogP contribution in [0.3, 0.4) is 0 Å². The fraction of sp³-hybridized carbons (Fsp3) is 0.280. The van der Waals surface area contributed by atoms with E-state index >= 15 is 0 Å². The minimum absolute atomic E-state index is 0.0533. The number of nitrogens with zero attached hydrogens (tertiary/aromatic N) is 6. The average Bonchev–Trinajstić information content (AvgIpc) is 3.32. The fourth-order valence-electron chi connectivity index (χ4n) is 4.36. The standard InChI is InChI=1S/C25H25ClN8O2/c1-14-9-29-11-21(31-14)15-3-4-18(20(26)8-15)19-7-16-10-30-25(28-2)32-23(16)34(24(19)36)13-22(35)33-6-5-17(27)12-33/h3-4,7-11,17H,5-6,12-13,27H2,1-2H3,(H,28,30,32). The van der Waals surface area contributed by atoms with Crippen LogP contribution >= 0.6 is 11.6 Å². The third-order valence-electron chi connectivity index (χ3n) is 6.23. The van der Waals surface area contributed by atoms with Crippen LogP contribution in [0.25, 0.3) is 33.4 Å². The van der Waals surface area contributed by atoms with Crippen LogP contribution in [0.1, 0.15) is 12.1 Å². The lowest BCUT2D eigenvalue weighted by Crippen LogP contribution is -2.37. The molecule has 4 heterocycles. The second-order valence-corrected chi connectivity index (χ2v) is 9.21. The van der Waals surface area contributed by atoms with Gasteiger partial charge in [0.1, 0.15) is 12.2 Å². The molecule has 36 heavy (non-hydrogen) atoms. The number of amides is 1. The zero-order chi connectivity index (χ0) is 25.4. The van der Waals surface area contributed by atoms with E-state index in [4.69, 9.17) is 17.3 Å². The number of aryl methyl sites for hydroxylation is 1. The van der Waals surface area contributed by atoms with Gasteiger partial charge >= 0.3 is 0 Å². The summed E-state index contributed by atoms with van der Waals surface area (Å²) in [5.41, 5.74) is 9.11. The Labute approximate surface area is 212 Å². The Balaban J connectivity index is 1.61. The van der Waals surface area contributed by atoms with E-state index in [0.29, 0.717) is 51.9 Å². The smallest absolute Gasteiger partial charge is 0.260 e. The van der Waals surface area contributed by atoms with Crippen LogP contribution in [-0.2, 0) is 11.3 Å². The lowest BCUT2D eigenvalue weighted by molar-refractivity contribution is -0.130. The van der Waals surface area contributed by atoms with Crippen molar-refractivity contribution in [2.24, 2.45) is 5.73 Å². The third kappa shape index (κ3) is 4.52. The van der Waals surface area contributed by atoms with Crippen molar-refractivity contribution in [3.05, 3.63) is 63.9 Å². The molecule has 5 rings (SSSR count). The highest BCUT2D eigenvalue weighted by atomic mass is 35.5. The molecule has 11 heteroatoms. The number of rotatable bonds is 5. The van der Waals surface area contributed by atoms with Gasteiger partial charge in [-0.05, 0) is 25.5 Å². The number of hydrogen-bond donors (Lipinski definition) is 2. The van der Waals surface area contributed by atoms with Gasteiger partial charge in [0.25, 0.3) is 5.56 Å². The number of fused-ring (bicyclic) bond motifs is 1. The van der Waals surface area contributed by atoms with Crippen LogP contribution in [0.2, 0.25) is 5.02 Å². The molecule has 1 fully saturated rings. The van der Waals surface area contributed by atoms with Crippen LogP contribution in [0, 0.1) is 6.92 Å². The van der Waals surface area contributed by atoms with Crippen LogP contribution in [0.5, 0.6) is 0 Å². The lowest BCUT2D eigenvalue weighted by atomic mass is 10.0. The van der Waals surface area contributed by atoms with Gasteiger partial charge in [-0.3, -0.25) is 19.1 Å². The molecule has 10 nitrogen and oxygen atoms in total. The van der Waals surface area contributed by atoms with Gasteiger partial charge < -0.3 is 16.0 Å². The Morgan fingerprint density at radius 2 is 2.03 bits per heavy atom. The first-order valence-electron chi connectivity index (χ1n) is 11.5. The van der Waals surface area contributed by atoms with Crippen molar-refractivity contribution in [1.82, 2.24) is 29.4 Å². The van der Waals surface area contributed by atoms with E-state index in [-0.39, 0.29) is 24.1 Å². The molecule has 0 bridgehead atoms. The minimum atomic E-state index is -0.370. The summed E-state index contributed by atoms with van der Waals surface area (Å²) in [6.45, 7) is 2.74. The van der Waals surface area contributed by atoms with Crippen LogP contribution < -0.4 is 16.6 Å². The zero-order valence-corrected chi connectivity index (χ0v) is 20.7. The summed E-state index contributed by atoms with van der Waals surface area (Å²) in [5, 5.41) is 3.87. The molecule has 184 valence electrons. The maximum atomic E-state index is 13.8. The monoisotopic (exact) mass is 504 g/mol. The molecule has 4 aromatic rings. The van der Waals surface area contributed by atoms with E-state index in [1.54, 1.807) is 48.7 Å². The number of nitrogens with two attached hydrogens (primary N) is 1. The normalized spacial score (nSPS) is 15.4. The number of pyridine rings is 1. The molecule has 0 spiro atoms. The highest BCUT2D eigenvalue weighted by Gasteiger charge is 2.25. The number of nitrogens with one attached hydrogen (secondary N) is 1. The number of aromatic nitrogens is 5. The summed E-state index contributed by atoms with van der Waals surface area (Å²) in [5.74, 6) is 0.160. The first-order chi connectivity index (χ1) is 17.3. The van der Waals surface area contributed by atoms with Gasteiger partial charge in [-0.1, -0.05) is 23.7 Å². The predicted molar refractivity (Wildman–Crippen MR) is 139 cm³/mol. The second kappa shape index (κ2) is 9.63. The van der Waals surface area contributed by atoms with Crippen LogP contribution in [0.4, 0.5) is 5.95 Å². The molecule has 1 aliphatic heterocycles. The molecule has 1 amide bonds. The Morgan fingerprint density at radius 1 is 1.19 bits per heavy atom. The minimum Gasteiger partial charge on any atom is -0.357 e. The number of halogens is 1. The molecule has 1 atom stereocenters. The molecular formula is C25H25ClN8O2. The van der Waals surface area contributed by atoms with E-state index < -0.39 is 0 Å². The molecule has 1 saturated heterocycles. The average molecular weight is 505 g/mol. The Kier molecular flexibility index (Phi) is 6.38. The van der Waals surface area contributed by atoms with Crippen molar-refractivity contribution in [3.8, 4) is 22.4 Å². The van der Waals surface area contributed by atoms with Gasteiger partial charge in [0.2, 0.25) is 11.9 Å². The summed E-state index contributed by atoms with van der Waals surface area (Å²) in [4.78, 5) is 45.9. The zero-order valence-electron chi connectivity index (χ0n) is 19.9. The molecule has 3 aromatic heterocycles. The summed E-state index contributed by atoms with van der Waals surface area (Å²) in [6.07, 6.45) is 5.69. The van der Waals surface area contributed by atoms with Gasteiger partial charge in [0.05, 0.1) is 17.6 Å². The van der Waals surface area contributed by atoms with E-state index in [1.165, 1.54) is 4.57 Å². The van der Waals surface area contributed by atoms with Crippen molar-refractivity contribution >= 4 is 34.5 Å². The fourth-order valence-corrected chi connectivity index (χ4v) is 4.65. The van der Waals surface area contributed by atoms with Crippen molar-refractivity contribution < 1.29 is 4.79 Å². The third-order valence-corrected chi connectivity index (χ3v) is 6.54. The van der Waals surface area contributed by atoms with E-state index in [0.717, 1.165) is 17.7 Å². The van der Waals surface area contributed by atoms with E-state index in [9.17, 15) is 9.59 Å². The molecule has 0 aliphatic carbocycles. The van der Waals surface area contributed by atoms with Crippen molar-refractivity contribution in [3.63, 3.8) is 0 Å². The highest BCUT2D eigenvalue weighted by molar-refractivity contribution is 6.33. The summed E-state index contributed by atoms with van der Waals surface area (Å²) in [6, 6.07) is 7.03. The Morgan fingerprint density at radius 3 is 2.72 bits per heavy atom. The van der Waals surface area contributed by atoms with Gasteiger partial charge in [0, 0.05) is 65.7 Å². The summed E-state index contributed by atoms with van der Waals surface area (Å²) >= 11 is 6.68. The lowest BCUT2D eigenvalue weighted by Gasteiger charge is -2.18. The molecule has 0 saturated carbocycles. The van der Waals surface area contributed by atoms with Gasteiger partial charge in [0.15, 0.2) is 0 Å². The van der Waals surface area contributed by atoms with E-state index in [1.807, 2.05) is 13.0 Å². The Hall–Kier alpha value is -3.89. The van der Waals surface area contributed by atoms with Crippen molar-refractivity contribution in [2.45, 2.75) is 25.9 Å². The van der Waals surface area contributed by atoms with Crippen LogP contribution in [-0.4, -0.2) is 61.5 Å². The Bertz CT molecular complexity index is 1540. The number of carbonyl (C=O) groups is 1. The van der Waals surface area contributed by atoms with Gasteiger partial charge in [-0.2, -0.15) is 4.98 Å².